The minimum absolute atomic E-state index is 0.103. The van der Waals surface area contributed by atoms with Crippen LogP contribution in [0.4, 0.5) is 17.1 Å². The molecule has 43 heavy (non-hydrogen) atoms. The third-order valence-corrected chi connectivity index (χ3v) is 5.86. The third-order valence-electron chi connectivity index (χ3n) is 5.86. The van der Waals surface area contributed by atoms with Gasteiger partial charge in [0, 0.05) is 56.0 Å². The van der Waals surface area contributed by atoms with Crippen LogP contribution in [0, 0.1) is 30.3 Å². The number of non-ortho nitro benzene ring substituents is 3. The second kappa shape index (κ2) is 15.3. The van der Waals surface area contributed by atoms with Crippen molar-refractivity contribution in [1.29, 1.82) is 0 Å². The van der Waals surface area contributed by atoms with E-state index in [1.165, 1.54) is 72.8 Å². The van der Waals surface area contributed by atoms with Gasteiger partial charge in [0.2, 0.25) is 0 Å². The molecule has 0 atom stereocenters. The fraction of sp³-hybridized carbons (Fsp3) is 0.222. The van der Waals surface area contributed by atoms with E-state index in [4.69, 9.17) is 14.2 Å². The van der Waals surface area contributed by atoms with E-state index in [-0.39, 0.29) is 73.2 Å². The van der Waals surface area contributed by atoms with Crippen LogP contribution in [0.3, 0.4) is 0 Å². The van der Waals surface area contributed by atoms with Crippen LogP contribution in [0.1, 0.15) is 31.1 Å². The van der Waals surface area contributed by atoms with Crippen molar-refractivity contribution in [1.82, 2.24) is 4.90 Å². The van der Waals surface area contributed by atoms with E-state index in [2.05, 4.69) is 0 Å². The molecule has 224 valence electrons. The number of hydrogen-bond donors (Lipinski definition) is 0. The molecule has 0 aliphatic heterocycles. The Balaban J connectivity index is 1.54. The van der Waals surface area contributed by atoms with E-state index in [1.54, 1.807) is 4.90 Å². The fourth-order valence-electron chi connectivity index (χ4n) is 3.55. The third kappa shape index (κ3) is 9.68. The summed E-state index contributed by atoms with van der Waals surface area (Å²) in [5.41, 5.74) is -0.249. The number of ether oxygens (including phenoxy) is 3. The molecule has 0 aromatic heterocycles. The van der Waals surface area contributed by atoms with Gasteiger partial charge < -0.3 is 14.2 Å². The van der Waals surface area contributed by atoms with Crippen LogP contribution in [0.2, 0.25) is 0 Å². The molecular formula is C27H24N4O12. The normalized spacial score (nSPS) is 10.5. The Morgan fingerprint density at radius 2 is 0.721 bits per heavy atom. The molecule has 0 aliphatic carbocycles. The maximum absolute atomic E-state index is 12.3. The van der Waals surface area contributed by atoms with Crippen LogP contribution in [-0.2, 0) is 14.2 Å². The molecule has 0 saturated carbocycles. The lowest BCUT2D eigenvalue weighted by Crippen LogP contribution is -2.35. The molecule has 0 radical (unpaired) electrons. The summed E-state index contributed by atoms with van der Waals surface area (Å²) < 4.78 is 15.7. The SMILES string of the molecule is O=C(OCCN(CCOC(=O)c1ccc([N+](=O)[O-])cc1)CCOC(=O)c1ccc([N+](=O)[O-])cc1)c1ccc([N+](=O)[O-])cc1. The van der Waals surface area contributed by atoms with E-state index < -0.39 is 32.7 Å². The van der Waals surface area contributed by atoms with Crippen molar-refractivity contribution >= 4 is 35.0 Å². The van der Waals surface area contributed by atoms with E-state index in [0.717, 1.165) is 0 Å². The van der Waals surface area contributed by atoms with Gasteiger partial charge in [0.1, 0.15) is 19.8 Å². The molecule has 16 heteroatoms. The maximum atomic E-state index is 12.3. The predicted octanol–water partition coefficient (Wildman–Crippen LogP) is 3.58. The van der Waals surface area contributed by atoms with Gasteiger partial charge in [-0.3, -0.25) is 35.2 Å². The van der Waals surface area contributed by atoms with E-state index in [1.807, 2.05) is 0 Å². The van der Waals surface area contributed by atoms with Gasteiger partial charge in [-0.15, -0.1) is 0 Å². The molecule has 16 nitrogen and oxygen atoms in total. The summed E-state index contributed by atoms with van der Waals surface area (Å²) in [6, 6.07) is 14.6. The summed E-state index contributed by atoms with van der Waals surface area (Å²) in [5.74, 6) is -2.16. The summed E-state index contributed by atoms with van der Waals surface area (Å²) in [5, 5.41) is 32.4. The standard InChI is InChI=1S/C27H24N4O12/c32-25(19-1-7-22(8-2-19)29(35)36)41-16-13-28(14-17-42-26(33)20-3-9-23(10-4-20)30(37)38)15-18-43-27(34)21-5-11-24(12-6-21)31(39)40/h1-12H,13-18H2. The van der Waals surface area contributed by atoms with Crippen LogP contribution >= 0.6 is 0 Å². The van der Waals surface area contributed by atoms with Crippen LogP contribution in [0.25, 0.3) is 0 Å². The molecule has 3 rings (SSSR count). The number of benzene rings is 3. The zero-order valence-corrected chi connectivity index (χ0v) is 22.4. The lowest BCUT2D eigenvalue weighted by atomic mass is 10.2. The van der Waals surface area contributed by atoms with Gasteiger partial charge in [-0.2, -0.15) is 0 Å². The monoisotopic (exact) mass is 596 g/mol. The highest BCUT2D eigenvalue weighted by molar-refractivity contribution is 5.90. The van der Waals surface area contributed by atoms with Crippen molar-refractivity contribution in [2.45, 2.75) is 0 Å². The van der Waals surface area contributed by atoms with Crippen LogP contribution < -0.4 is 0 Å². The van der Waals surface area contributed by atoms with Gasteiger partial charge in [-0.25, -0.2) is 14.4 Å². The van der Waals surface area contributed by atoms with Crippen molar-refractivity contribution in [3.05, 3.63) is 120 Å². The van der Waals surface area contributed by atoms with Crippen molar-refractivity contribution < 1.29 is 43.4 Å². The van der Waals surface area contributed by atoms with Crippen LogP contribution in [-0.4, -0.2) is 77.0 Å². The first kappa shape index (κ1) is 31.8. The maximum Gasteiger partial charge on any atom is 0.338 e. The smallest absolute Gasteiger partial charge is 0.338 e. The molecule has 0 unspecified atom stereocenters. The molecule has 0 spiro atoms. The number of rotatable bonds is 15. The highest BCUT2D eigenvalue weighted by atomic mass is 16.6. The minimum atomic E-state index is -0.718. The van der Waals surface area contributed by atoms with Gasteiger partial charge >= 0.3 is 17.9 Å². The quantitative estimate of drug-likeness (QED) is 0.106. The molecule has 0 amide bonds. The summed E-state index contributed by atoms with van der Waals surface area (Å²) in [7, 11) is 0. The van der Waals surface area contributed by atoms with Crippen molar-refractivity contribution in [3.63, 3.8) is 0 Å². The number of hydrogen-bond acceptors (Lipinski definition) is 13. The Labute approximate surface area is 242 Å². The molecule has 0 bridgehead atoms. The molecular weight excluding hydrogens is 572 g/mol. The van der Waals surface area contributed by atoms with Crippen molar-refractivity contribution in [2.75, 3.05) is 39.5 Å². The lowest BCUT2D eigenvalue weighted by Gasteiger charge is -2.22. The largest absolute Gasteiger partial charge is 0.461 e. The molecule has 0 N–H and O–H groups in total. The molecule has 0 fully saturated rings. The van der Waals surface area contributed by atoms with Gasteiger partial charge in [0.25, 0.3) is 17.1 Å². The minimum Gasteiger partial charge on any atom is -0.461 e. The molecule has 3 aromatic carbocycles. The highest BCUT2D eigenvalue weighted by Crippen LogP contribution is 2.15. The Morgan fingerprint density at radius 3 is 0.930 bits per heavy atom. The second-order valence-corrected chi connectivity index (χ2v) is 8.66. The first-order valence-electron chi connectivity index (χ1n) is 12.5. The average Bonchev–Trinajstić information content (AvgIpc) is 3.00. The molecule has 3 aromatic rings. The number of carbonyl (C=O) groups excluding carboxylic acids is 3. The second-order valence-electron chi connectivity index (χ2n) is 8.66. The summed E-state index contributed by atoms with van der Waals surface area (Å²) in [6.07, 6.45) is 0. The predicted molar refractivity (Wildman–Crippen MR) is 147 cm³/mol. The molecule has 0 aliphatic rings. The van der Waals surface area contributed by atoms with Gasteiger partial charge in [0.05, 0.1) is 31.5 Å². The summed E-state index contributed by atoms with van der Waals surface area (Å²) in [6.45, 7) is 0.0158. The Morgan fingerprint density at radius 1 is 0.488 bits per heavy atom. The average molecular weight is 597 g/mol. The topological polar surface area (TPSA) is 212 Å². The Bertz CT molecular complexity index is 1300. The first-order chi connectivity index (χ1) is 20.5. The van der Waals surface area contributed by atoms with Crippen LogP contribution in [0.5, 0.6) is 0 Å². The number of esters is 3. The van der Waals surface area contributed by atoms with E-state index in [0.29, 0.717) is 0 Å². The lowest BCUT2D eigenvalue weighted by molar-refractivity contribution is -0.385. The number of carbonyl (C=O) groups is 3. The van der Waals surface area contributed by atoms with E-state index in [9.17, 15) is 44.7 Å². The fourth-order valence-corrected chi connectivity index (χ4v) is 3.55. The zero-order valence-electron chi connectivity index (χ0n) is 22.4. The van der Waals surface area contributed by atoms with Gasteiger partial charge in [-0.1, -0.05) is 0 Å². The summed E-state index contributed by atoms with van der Waals surface area (Å²) >= 11 is 0. The molecule has 0 heterocycles. The molecule has 0 saturated heterocycles. The highest BCUT2D eigenvalue weighted by Gasteiger charge is 2.16. The number of nitro benzene ring substituents is 3. The van der Waals surface area contributed by atoms with Crippen LogP contribution in [0.15, 0.2) is 72.8 Å². The zero-order chi connectivity index (χ0) is 31.4. The summed E-state index contributed by atoms with van der Waals surface area (Å²) in [4.78, 5) is 69.2. The number of nitrogens with zero attached hydrogens (tertiary/aromatic N) is 4. The Kier molecular flexibility index (Phi) is 11.3. The first-order valence-corrected chi connectivity index (χ1v) is 12.5. The Hall–Kier alpha value is -5.77. The van der Waals surface area contributed by atoms with Gasteiger partial charge in [0.15, 0.2) is 0 Å². The van der Waals surface area contributed by atoms with Gasteiger partial charge in [-0.05, 0) is 36.4 Å². The van der Waals surface area contributed by atoms with Crippen molar-refractivity contribution in [3.8, 4) is 0 Å². The number of nitro groups is 3. The van der Waals surface area contributed by atoms with E-state index >= 15 is 0 Å². The van der Waals surface area contributed by atoms with Crippen molar-refractivity contribution in [2.24, 2.45) is 0 Å².